The molecule has 1 heterocycles. The molecule has 0 radical (unpaired) electrons. The fraction of sp³-hybridized carbons (Fsp3) is 0.222. The molecule has 2 aromatic carbocycles. The molecule has 124 valence electrons. The molecule has 3 aromatic rings. The number of benzene rings is 2. The third-order valence-electron chi connectivity index (χ3n) is 3.78. The Bertz CT molecular complexity index is 963. The number of halogens is 2. The summed E-state index contributed by atoms with van der Waals surface area (Å²) in [7, 11) is 0. The molecular formula is C18H17Cl2N3O. The minimum atomic E-state index is -0.384. The third kappa shape index (κ3) is 3.12. The van der Waals surface area contributed by atoms with Crippen LogP contribution in [0.4, 0.5) is 0 Å². The van der Waals surface area contributed by atoms with Gasteiger partial charge in [-0.2, -0.15) is 0 Å². The Labute approximate surface area is 149 Å². The van der Waals surface area contributed by atoms with Gasteiger partial charge in [-0.3, -0.25) is 4.79 Å². The number of rotatable bonds is 3. The zero-order valence-electron chi connectivity index (χ0n) is 13.4. The Hall–Kier alpha value is -2.04. The first-order valence-corrected chi connectivity index (χ1v) is 8.38. The summed E-state index contributed by atoms with van der Waals surface area (Å²) in [4.78, 5) is 17.0. The van der Waals surface area contributed by atoms with Crippen LogP contribution in [-0.2, 0) is 6.42 Å². The highest BCUT2D eigenvalue weighted by Gasteiger charge is 2.14. The van der Waals surface area contributed by atoms with E-state index in [1.165, 1.54) is 11.6 Å². The summed E-state index contributed by atoms with van der Waals surface area (Å²) in [6.45, 7) is 4.34. The van der Waals surface area contributed by atoms with Crippen LogP contribution in [0.15, 0.2) is 41.2 Å². The van der Waals surface area contributed by atoms with Crippen LogP contribution in [-0.4, -0.2) is 9.66 Å². The summed E-state index contributed by atoms with van der Waals surface area (Å²) in [5, 5.41) is 1.00. The van der Waals surface area contributed by atoms with Crippen molar-refractivity contribution in [3.63, 3.8) is 0 Å². The van der Waals surface area contributed by atoms with E-state index in [4.69, 9.17) is 29.0 Å². The minimum Gasteiger partial charge on any atom is -0.334 e. The predicted molar refractivity (Wildman–Crippen MR) is 100 cm³/mol. The van der Waals surface area contributed by atoms with Gasteiger partial charge in [0.05, 0.1) is 15.9 Å². The minimum absolute atomic E-state index is 0.301. The van der Waals surface area contributed by atoms with Crippen LogP contribution < -0.4 is 11.4 Å². The molecule has 0 bridgehead atoms. The summed E-state index contributed by atoms with van der Waals surface area (Å²) in [6.07, 6.45) is 0.991. The van der Waals surface area contributed by atoms with Crippen molar-refractivity contribution < 1.29 is 0 Å². The summed E-state index contributed by atoms with van der Waals surface area (Å²) in [6, 6.07) is 11.0. The molecule has 24 heavy (non-hydrogen) atoms. The zero-order valence-corrected chi connectivity index (χ0v) is 14.9. The van der Waals surface area contributed by atoms with E-state index in [2.05, 4.69) is 18.8 Å². The number of fused-ring (bicyclic) bond motifs is 1. The first-order valence-electron chi connectivity index (χ1n) is 7.63. The van der Waals surface area contributed by atoms with Crippen molar-refractivity contribution >= 4 is 34.1 Å². The molecule has 0 atom stereocenters. The van der Waals surface area contributed by atoms with Gasteiger partial charge in [-0.1, -0.05) is 61.3 Å². The average molecular weight is 362 g/mol. The van der Waals surface area contributed by atoms with Crippen molar-refractivity contribution in [3.05, 3.63) is 62.4 Å². The number of nitrogens with two attached hydrogens (primary N) is 1. The monoisotopic (exact) mass is 361 g/mol. The van der Waals surface area contributed by atoms with Crippen LogP contribution in [0.2, 0.25) is 10.0 Å². The SMILES string of the molecule is CC(C)Cc1ccc(-c2nc3c(Cl)cc(Cl)cc3c(=O)n2N)cc1. The van der Waals surface area contributed by atoms with E-state index in [0.29, 0.717) is 32.7 Å². The first kappa shape index (κ1) is 16.8. The van der Waals surface area contributed by atoms with Crippen LogP contribution in [0.3, 0.4) is 0 Å². The van der Waals surface area contributed by atoms with Crippen LogP contribution in [0, 0.1) is 5.92 Å². The van der Waals surface area contributed by atoms with Crippen molar-refractivity contribution in [1.29, 1.82) is 0 Å². The van der Waals surface area contributed by atoms with Gasteiger partial charge in [0.25, 0.3) is 5.56 Å². The summed E-state index contributed by atoms with van der Waals surface area (Å²) < 4.78 is 1.03. The maximum absolute atomic E-state index is 12.5. The molecular weight excluding hydrogens is 345 g/mol. The number of hydrogen-bond acceptors (Lipinski definition) is 3. The van der Waals surface area contributed by atoms with E-state index in [-0.39, 0.29) is 5.56 Å². The molecule has 0 spiro atoms. The lowest BCUT2D eigenvalue weighted by Crippen LogP contribution is -2.30. The van der Waals surface area contributed by atoms with E-state index in [1.54, 1.807) is 6.07 Å². The summed E-state index contributed by atoms with van der Waals surface area (Å²) in [5.41, 5.74) is 2.00. The molecule has 0 fully saturated rings. The fourth-order valence-electron chi connectivity index (χ4n) is 2.69. The van der Waals surface area contributed by atoms with Gasteiger partial charge in [0.15, 0.2) is 5.82 Å². The molecule has 2 N–H and O–H groups in total. The second kappa shape index (κ2) is 6.46. The van der Waals surface area contributed by atoms with Crippen LogP contribution in [0.5, 0.6) is 0 Å². The van der Waals surface area contributed by atoms with Crippen LogP contribution in [0.1, 0.15) is 19.4 Å². The molecule has 0 unspecified atom stereocenters. The summed E-state index contributed by atoms with van der Waals surface area (Å²) in [5.74, 6) is 6.90. The quantitative estimate of drug-likeness (QED) is 0.708. The Balaban J connectivity index is 2.16. The number of hydrogen-bond donors (Lipinski definition) is 1. The second-order valence-electron chi connectivity index (χ2n) is 6.19. The molecule has 4 nitrogen and oxygen atoms in total. The largest absolute Gasteiger partial charge is 0.334 e. The Morgan fingerprint density at radius 3 is 2.46 bits per heavy atom. The van der Waals surface area contributed by atoms with Crippen LogP contribution >= 0.6 is 23.2 Å². The smallest absolute Gasteiger partial charge is 0.280 e. The molecule has 0 aliphatic carbocycles. The van der Waals surface area contributed by atoms with Gasteiger partial charge < -0.3 is 5.84 Å². The first-order chi connectivity index (χ1) is 11.4. The number of aromatic nitrogens is 2. The van der Waals surface area contributed by atoms with Gasteiger partial charge in [0.2, 0.25) is 0 Å². The Kier molecular flexibility index (Phi) is 4.52. The van der Waals surface area contributed by atoms with Crippen molar-refractivity contribution in [1.82, 2.24) is 9.66 Å². The molecule has 0 saturated carbocycles. The van der Waals surface area contributed by atoms with E-state index in [1.807, 2.05) is 24.3 Å². The second-order valence-corrected chi connectivity index (χ2v) is 7.03. The number of nitrogens with zero attached hydrogens (tertiary/aromatic N) is 2. The van der Waals surface area contributed by atoms with Crippen molar-refractivity contribution in [2.24, 2.45) is 5.92 Å². The highest BCUT2D eigenvalue weighted by molar-refractivity contribution is 6.38. The molecule has 0 aliphatic rings. The van der Waals surface area contributed by atoms with E-state index >= 15 is 0 Å². The highest BCUT2D eigenvalue weighted by Crippen LogP contribution is 2.26. The fourth-order valence-corrected chi connectivity index (χ4v) is 3.23. The lowest BCUT2D eigenvalue weighted by Gasteiger charge is -2.11. The Morgan fingerprint density at radius 2 is 1.83 bits per heavy atom. The molecule has 0 amide bonds. The maximum atomic E-state index is 12.5. The standard InChI is InChI=1S/C18H17Cl2N3O/c1-10(2)7-11-3-5-12(6-4-11)17-22-16-14(18(24)23(17)21)8-13(19)9-15(16)20/h3-6,8-10H,7,21H2,1-2H3. The van der Waals surface area contributed by atoms with E-state index < -0.39 is 0 Å². The van der Waals surface area contributed by atoms with Gasteiger partial charge >= 0.3 is 0 Å². The molecule has 6 heteroatoms. The zero-order chi connectivity index (χ0) is 17.4. The van der Waals surface area contributed by atoms with Gasteiger partial charge in [0.1, 0.15) is 0 Å². The lowest BCUT2D eigenvalue weighted by atomic mass is 10.0. The normalized spacial score (nSPS) is 11.4. The van der Waals surface area contributed by atoms with Crippen LogP contribution in [0.25, 0.3) is 22.3 Å². The average Bonchev–Trinajstić information content (AvgIpc) is 2.52. The molecule has 3 rings (SSSR count). The van der Waals surface area contributed by atoms with Crippen molar-refractivity contribution in [3.8, 4) is 11.4 Å². The Morgan fingerprint density at radius 1 is 1.17 bits per heavy atom. The highest BCUT2D eigenvalue weighted by atomic mass is 35.5. The van der Waals surface area contributed by atoms with E-state index in [9.17, 15) is 4.79 Å². The van der Waals surface area contributed by atoms with Crippen molar-refractivity contribution in [2.75, 3.05) is 5.84 Å². The van der Waals surface area contributed by atoms with E-state index in [0.717, 1.165) is 16.7 Å². The van der Waals surface area contributed by atoms with Gasteiger partial charge in [0, 0.05) is 10.6 Å². The topological polar surface area (TPSA) is 60.9 Å². The molecule has 0 aliphatic heterocycles. The molecule has 0 saturated heterocycles. The lowest BCUT2D eigenvalue weighted by molar-refractivity contribution is 0.647. The van der Waals surface area contributed by atoms with Gasteiger partial charge in [-0.15, -0.1) is 0 Å². The summed E-state index contributed by atoms with van der Waals surface area (Å²) >= 11 is 12.2. The van der Waals surface area contributed by atoms with Gasteiger partial charge in [-0.05, 0) is 30.0 Å². The molecule has 1 aromatic heterocycles. The predicted octanol–water partition coefficient (Wildman–Crippen LogP) is 4.28. The third-order valence-corrected chi connectivity index (χ3v) is 4.29. The van der Waals surface area contributed by atoms with Crippen molar-refractivity contribution in [2.45, 2.75) is 20.3 Å². The number of nitrogen functional groups attached to an aromatic ring is 1. The maximum Gasteiger partial charge on any atom is 0.280 e. The van der Waals surface area contributed by atoms with Gasteiger partial charge in [-0.25, -0.2) is 9.66 Å².